The zero-order valence-electron chi connectivity index (χ0n) is 10.1. The number of amides is 1. The number of hydrogen-bond acceptors (Lipinski definition) is 5. The molecular formula is C12H16N2O4. The SMILES string of the molecule is COc1cccc(O)c1C(=O)NC1COCC1N. The van der Waals surface area contributed by atoms with Gasteiger partial charge in [-0.3, -0.25) is 4.79 Å². The van der Waals surface area contributed by atoms with E-state index in [0.29, 0.717) is 19.0 Å². The smallest absolute Gasteiger partial charge is 0.259 e. The van der Waals surface area contributed by atoms with Crippen molar-refractivity contribution in [1.29, 1.82) is 0 Å². The van der Waals surface area contributed by atoms with Crippen LogP contribution in [-0.2, 0) is 4.74 Å². The summed E-state index contributed by atoms with van der Waals surface area (Å²) in [6, 6.07) is 4.17. The van der Waals surface area contributed by atoms with E-state index in [4.69, 9.17) is 15.2 Å². The van der Waals surface area contributed by atoms with Crippen LogP contribution in [0.15, 0.2) is 18.2 Å². The van der Waals surface area contributed by atoms with Crippen LogP contribution in [0.2, 0.25) is 0 Å². The molecule has 4 N–H and O–H groups in total. The molecular weight excluding hydrogens is 236 g/mol. The number of hydrogen-bond donors (Lipinski definition) is 3. The first kappa shape index (κ1) is 12.7. The highest BCUT2D eigenvalue weighted by Gasteiger charge is 2.28. The minimum atomic E-state index is -0.420. The summed E-state index contributed by atoms with van der Waals surface area (Å²) in [5.74, 6) is -0.227. The van der Waals surface area contributed by atoms with E-state index in [1.165, 1.54) is 13.2 Å². The number of nitrogens with one attached hydrogen (secondary N) is 1. The predicted octanol–water partition coefficient (Wildman–Crippen LogP) is -0.143. The van der Waals surface area contributed by atoms with Crippen molar-refractivity contribution in [3.63, 3.8) is 0 Å². The second-order valence-corrected chi connectivity index (χ2v) is 4.14. The molecule has 1 aromatic rings. The first-order valence-electron chi connectivity index (χ1n) is 5.63. The minimum Gasteiger partial charge on any atom is -0.507 e. The lowest BCUT2D eigenvalue weighted by atomic mass is 10.1. The fraction of sp³-hybridized carbons (Fsp3) is 0.417. The summed E-state index contributed by atoms with van der Waals surface area (Å²) in [5, 5.41) is 12.5. The topological polar surface area (TPSA) is 93.8 Å². The van der Waals surface area contributed by atoms with Gasteiger partial charge in [0.1, 0.15) is 17.1 Å². The Morgan fingerprint density at radius 1 is 1.56 bits per heavy atom. The molecule has 1 heterocycles. The number of rotatable bonds is 3. The number of benzene rings is 1. The number of ether oxygens (including phenoxy) is 2. The predicted molar refractivity (Wildman–Crippen MR) is 64.7 cm³/mol. The van der Waals surface area contributed by atoms with Gasteiger partial charge in [0.15, 0.2) is 0 Å². The normalized spacial score (nSPS) is 22.8. The van der Waals surface area contributed by atoms with Gasteiger partial charge >= 0.3 is 0 Å². The molecule has 2 rings (SSSR count). The van der Waals surface area contributed by atoms with Crippen LogP contribution < -0.4 is 15.8 Å². The first-order chi connectivity index (χ1) is 8.63. The molecule has 1 aromatic carbocycles. The molecule has 0 aromatic heterocycles. The third kappa shape index (κ3) is 2.39. The maximum atomic E-state index is 12.1. The molecule has 2 atom stereocenters. The summed E-state index contributed by atoms with van der Waals surface area (Å²) < 4.78 is 10.2. The molecule has 6 nitrogen and oxygen atoms in total. The van der Waals surface area contributed by atoms with Gasteiger partial charge in [0.25, 0.3) is 5.91 Å². The van der Waals surface area contributed by atoms with Crippen molar-refractivity contribution in [2.24, 2.45) is 5.73 Å². The van der Waals surface area contributed by atoms with Crippen molar-refractivity contribution in [3.05, 3.63) is 23.8 Å². The number of phenols is 1. The molecule has 18 heavy (non-hydrogen) atoms. The lowest BCUT2D eigenvalue weighted by molar-refractivity contribution is 0.0922. The summed E-state index contributed by atoms with van der Waals surface area (Å²) >= 11 is 0. The molecule has 98 valence electrons. The van der Waals surface area contributed by atoms with Gasteiger partial charge in [-0.25, -0.2) is 0 Å². The van der Waals surface area contributed by atoms with Crippen LogP contribution in [0, 0.1) is 0 Å². The van der Waals surface area contributed by atoms with E-state index >= 15 is 0 Å². The van der Waals surface area contributed by atoms with Crippen LogP contribution >= 0.6 is 0 Å². The summed E-state index contributed by atoms with van der Waals surface area (Å²) in [5.41, 5.74) is 5.89. The van der Waals surface area contributed by atoms with E-state index in [-0.39, 0.29) is 23.4 Å². The maximum absolute atomic E-state index is 12.1. The van der Waals surface area contributed by atoms with Crippen molar-refractivity contribution in [2.75, 3.05) is 20.3 Å². The summed E-state index contributed by atoms with van der Waals surface area (Å²) in [6.07, 6.45) is 0. The standard InChI is InChI=1S/C12H16N2O4/c1-17-10-4-2-3-9(15)11(10)12(16)14-8-6-18-5-7(8)13/h2-4,7-8,15H,5-6,13H2,1H3,(H,14,16). The quantitative estimate of drug-likeness (QED) is 0.696. The van der Waals surface area contributed by atoms with Crippen LogP contribution in [0.4, 0.5) is 0 Å². The minimum absolute atomic E-state index is 0.110. The van der Waals surface area contributed by atoms with Crippen LogP contribution in [0.3, 0.4) is 0 Å². The second kappa shape index (κ2) is 5.24. The maximum Gasteiger partial charge on any atom is 0.259 e. The first-order valence-corrected chi connectivity index (χ1v) is 5.63. The fourth-order valence-electron chi connectivity index (χ4n) is 1.88. The van der Waals surface area contributed by atoms with Gasteiger partial charge in [-0.2, -0.15) is 0 Å². The number of carbonyl (C=O) groups excluding carboxylic acids is 1. The molecule has 0 radical (unpaired) electrons. The molecule has 0 saturated carbocycles. The number of aromatic hydroxyl groups is 1. The third-order valence-electron chi connectivity index (χ3n) is 2.89. The number of phenolic OH excluding ortho intramolecular Hbond substituents is 1. The molecule has 1 aliphatic rings. The Kier molecular flexibility index (Phi) is 3.69. The largest absolute Gasteiger partial charge is 0.507 e. The van der Waals surface area contributed by atoms with Crippen LogP contribution in [0.5, 0.6) is 11.5 Å². The van der Waals surface area contributed by atoms with Gasteiger partial charge in [-0.15, -0.1) is 0 Å². The van der Waals surface area contributed by atoms with Gasteiger partial charge in [0.05, 0.1) is 32.4 Å². The molecule has 2 unspecified atom stereocenters. The summed E-state index contributed by atoms with van der Waals surface area (Å²) in [7, 11) is 1.44. The molecule has 6 heteroatoms. The van der Waals surface area contributed by atoms with Crippen LogP contribution in [-0.4, -0.2) is 43.4 Å². The Hall–Kier alpha value is -1.79. The third-order valence-corrected chi connectivity index (χ3v) is 2.89. The van der Waals surface area contributed by atoms with E-state index in [9.17, 15) is 9.90 Å². The number of nitrogens with two attached hydrogens (primary N) is 1. The Morgan fingerprint density at radius 2 is 2.33 bits per heavy atom. The van der Waals surface area contributed by atoms with E-state index in [1.807, 2.05) is 0 Å². The van der Waals surface area contributed by atoms with Crippen molar-refractivity contribution in [2.45, 2.75) is 12.1 Å². The van der Waals surface area contributed by atoms with Crippen molar-refractivity contribution < 1.29 is 19.4 Å². The van der Waals surface area contributed by atoms with Crippen LogP contribution in [0.25, 0.3) is 0 Å². The molecule has 1 aliphatic heterocycles. The highest BCUT2D eigenvalue weighted by atomic mass is 16.5. The zero-order chi connectivity index (χ0) is 13.1. The van der Waals surface area contributed by atoms with Crippen molar-refractivity contribution in [1.82, 2.24) is 5.32 Å². The zero-order valence-corrected chi connectivity index (χ0v) is 10.1. The Bertz CT molecular complexity index is 450. The fourth-order valence-corrected chi connectivity index (χ4v) is 1.88. The lowest BCUT2D eigenvalue weighted by Gasteiger charge is -2.17. The summed E-state index contributed by atoms with van der Waals surface area (Å²) in [6.45, 7) is 0.797. The second-order valence-electron chi connectivity index (χ2n) is 4.14. The Labute approximate surface area is 105 Å². The molecule has 1 fully saturated rings. The average Bonchev–Trinajstić information content (AvgIpc) is 2.74. The molecule has 1 amide bonds. The van der Waals surface area contributed by atoms with E-state index in [2.05, 4.69) is 5.32 Å². The van der Waals surface area contributed by atoms with Crippen molar-refractivity contribution >= 4 is 5.91 Å². The van der Waals surface area contributed by atoms with Crippen molar-refractivity contribution in [3.8, 4) is 11.5 Å². The molecule has 0 spiro atoms. The Morgan fingerprint density at radius 3 is 2.94 bits per heavy atom. The Balaban J connectivity index is 2.18. The van der Waals surface area contributed by atoms with Gasteiger partial charge in [-0.05, 0) is 12.1 Å². The van der Waals surface area contributed by atoms with Gasteiger partial charge < -0.3 is 25.6 Å². The van der Waals surface area contributed by atoms with E-state index < -0.39 is 5.91 Å². The molecule has 1 saturated heterocycles. The number of methoxy groups -OCH3 is 1. The van der Waals surface area contributed by atoms with E-state index in [1.54, 1.807) is 12.1 Å². The van der Waals surface area contributed by atoms with Crippen LogP contribution in [0.1, 0.15) is 10.4 Å². The van der Waals surface area contributed by atoms with Gasteiger partial charge in [0, 0.05) is 0 Å². The number of carbonyl (C=O) groups is 1. The monoisotopic (exact) mass is 252 g/mol. The summed E-state index contributed by atoms with van der Waals surface area (Å²) in [4.78, 5) is 12.1. The molecule has 0 aliphatic carbocycles. The average molecular weight is 252 g/mol. The highest BCUT2D eigenvalue weighted by Crippen LogP contribution is 2.27. The van der Waals surface area contributed by atoms with Gasteiger partial charge in [-0.1, -0.05) is 6.07 Å². The molecule has 0 bridgehead atoms. The van der Waals surface area contributed by atoms with E-state index in [0.717, 1.165) is 0 Å². The lowest BCUT2D eigenvalue weighted by Crippen LogP contribution is -2.46. The van der Waals surface area contributed by atoms with Gasteiger partial charge in [0.2, 0.25) is 0 Å². The highest BCUT2D eigenvalue weighted by molar-refractivity contribution is 5.99.